The Hall–Kier alpha value is -0.210. The van der Waals surface area contributed by atoms with Gasteiger partial charge in [-0.1, -0.05) is 20.8 Å². The molecule has 0 aliphatic carbocycles. The Morgan fingerprint density at radius 2 is 1.56 bits per heavy atom. The van der Waals surface area contributed by atoms with E-state index in [1.54, 1.807) is 7.11 Å². The molecule has 0 saturated heterocycles. The molecule has 18 heavy (non-hydrogen) atoms. The molecule has 2 N–H and O–H groups in total. The molecule has 0 unspecified atom stereocenters. The van der Waals surface area contributed by atoms with E-state index in [0.717, 1.165) is 0 Å². The minimum atomic E-state index is -3.61. The molecule has 0 saturated carbocycles. The van der Waals surface area contributed by atoms with E-state index < -0.39 is 20.7 Å². The van der Waals surface area contributed by atoms with Gasteiger partial charge in [0.15, 0.2) is 0 Å². The summed E-state index contributed by atoms with van der Waals surface area (Å²) in [6.07, 6.45) is 0. The lowest BCUT2D eigenvalue weighted by molar-refractivity contribution is 0.0202. The number of methoxy groups -OCH3 is 1. The van der Waals surface area contributed by atoms with Crippen LogP contribution in [0, 0.1) is 5.41 Å². The van der Waals surface area contributed by atoms with Crippen molar-refractivity contribution in [2.24, 2.45) is 10.6 Å². The number of ether oxygens (including phenoxy) is 3. The molecule has 0 aromatic carbocycles. The van der Waals surface area contributed by atoms with E-state index in [0.29, 0.717) is 26.4 Å². The largest absolute Gasteiger partial charge is 0.382 e. The van der Waals surface area contributed by atoms with Crippen LogP contribution in [-0.4, -0.2) is 53.8 Å². The number of hydrogen-bond donors (Lipinski definition) is 1. The first kappa shape index (κ1) is 17.8. The summed E-state index contributed by atoms with van der Waals surface area (Å²) in [4.78, 5) is 0. The lowest BCUT2D eigenvalue weighted by Gasteiger charge is -2.28. The fraction of sp³-hybridized carbons (Fsp3) is 1.00. The number of sulfonamides is 1. The Bertz CT molecular complexity index is 310. The van der Waals surface area contributed by atoms with Crippen molar-refractivity contribution in [1.82, 2.24) is 0 Å². The SMILES string of the molecule is COCCOCCOC[C@H](C(C)(C)C)S(N)(=O)=O. The van der Waals surface area contributed by atoms with Crippen LogP contribution in [0.25, 0.3) is 0 Å². The Morgan fingerprint density at radius 1 is 1.06 bits per heavy atom. The standard InChI is InChI=1S/C11H25NO5S/c1-11(2,3)10(18(12,13)14)9-17-8-7-16-6-5-15-4/h10H,5-9H2,1-4H3,(H2,12,13,14)/t10-/m1/s1. The number of hydrogen-bond acceptors (Lipinski definition) is 5. The van der Waals surface area contributed by atoms with Gasteiger partial charge in [0.25, 0.3) is 0 Å². The molecule has 0 aliphatic rings. The first-order valence-corrected chi connectivity index (χ1v) is 7.46. The molecule has 110 valence electrons. The molecule has 0 aromatic rings. The van der Waals surface area contributed by atoms with Gasteiger partial charge in [-0.05, 0) is 5.41 Å². The lowest BCUT2D eigenvalue weighted by atomic mass is 9.92. The maximum absolute atomic E-state index is 11.4. The predicted octanol–water partition coefficient (Wildman–Crippen LogP) is 0.369. The second kappa shape index (κ2) is 8.06. The van der Waals surface area contributed by atoms with Crippen molar-refractivity contribution in [2.45, 2.75) is 26.0 Å². The first-order chi connectivity index (χ1) is 8.19. The van der Waals surface area contributed by atoms with Gasteiger partial charge in [-0.3, -0.25) is 0 Å². The quantitative estimate of drug-likeness (QED) is 0.618. The van der Waals surface area contributed by atoms with E-state index in [9.17, 15) is 8.42 Å². The average molecular weight is 283 g/mol. The highest BCUT2D eigenvalue weighted by atomic mass is 32.2. The molecule has 7 heteroatoms. The molecular weight excluding hydrogens is 258 g/mol. The molecule has 0 heterocycles. The van der Waals surface area contributed by atoms with Crippen LogP contribution in [0.15, 0.2) is 0 Å². The molecule has 0 rings (SSSR count). The topological polar surface area (TPSA) is 87.8 Å². The predicted molar refractivity (Wildman–Crippen MR) is 69.9 cm³/mol. The van der Waals surface area contributed by atoms with Gasteiger partial charge in [0.1, 0.15) is 5.25 Å². The summed E-state index contributed by atoms with van der Waals surface area (Å²) in [6, 6.07) is 0. The van der Waals surface area contributed by atoms with Gasteiger partial charge in [0.2, 0.25) is 10.0 Å². The van der Waals surface area contributed by atoms with Gasteiger partial charge < -0.3 is 14.2 Å². The minimum Gasteiger partial charge on any atom is -0.382 e. The van der Waals surface area contributed by atoms with Crippen molar-refractivity contribution in [1.29, 1.82) is 0 Å². The van der Waals surface area contributed by atoms with Crippen LogP contribution in [-0.2, 0) is 24.2 Å². The number of primary sulfonamides is 1. The smallest absolute Gasteiger partial charge is 0.214 e. The summed E-state index contributed by atoms with van der Waals surface area (Å²) < 4.78 is 38.2. The van der Waals surface area contributed by atoms with E-state index in [4.69, 9.17) is 19.3 Å². The van der Waals surface area contributed by atoms with Crippen molar-refractivity contribution in [3.8, 4) is 0 Å². The average Bonchev–Trinajstić information content (AvgIpc) is 2.18. The Morgan fingerprint density at radius 3 is 2.00 bits per heavy atom. The van der Waals surface area contributed by atoms with E-state index in [1.165, 1.54) is 0 Å². The minimum absolute atomic E-state index is 0.0793. The summed E-state index contributed by atoms with van der Waals surface area (Å²) in [5, 5.41) is 4.47. The van der Waals surface area contributed by atoms with E-state index in [2.05, 4.69) is 0 Å². The molecular formula is C11H25NO5S. The zero-order valence-electron chi connectivity index (χ0n) is 11.6. The van der Waals surface area contributed by atoms with Crippen LogP contribution < -0.4 is 5.14 Å². The molecule has 0 bridgehead atoms. The van der Waals surface area contributed by atoms with E-state index >= 15 is 0 Å². The van der Waals surface area contributed by atoms with Crippen LogP contribution >= 0.6 is 0 Å². The highest BCUT2D eigenvalue weighted by molar-refractivity contribution is 7.89. The fourth-order valence-electron chi connectivity index (χ4n) is 1.39. The maximum Gasteiger partial charge on any atom is 0.214 e. The van der Waals surface area contributed by atoms with Gasteiger partial charge >= 0.3 is 0 Å². The van der Waals surface area contributed by atoms with Crippen LogP contribution in [0.2, 0.25) is 0 Å². The second-order valence-corrected chi connectivity index (χ2v) is 6.87. The third-order valence-electron chi connectivity index (χ3n) is 2.44. The van der Waals surface area contributed by atoms with Gasteiger partial charge in [0.05, 0.1) is 33.0 Å². The van der Waals surface area contributed by atoms with Crippen molar-refractivity contribution in [2.75, 3.05) is 40.1 Å². The summed E-state index contributed by atoms with van der Waals surface area (Å²) in [5.74, 6) is 0. The second-order valence-electron chi connectivity index (χ2n) is 5.12. The number of rotatable bonds is 9. The number of nitrogens with two attached hydrogens (primary N) is 1. The van der Waals surface area contributed by atoms with Crippen LogP contribution in [0.3, 0.4) is 0 Å². The third kappa shape index (κ3) is 7.99. The normalized spacial score (nSPS) is 14.7. The van der Waals surface area contributed by atoms with E-state index in [-0.39, 0.29) is 6.61 Å². The van der Waals surface area contributed by atoms with Gasteiger partial charge in [-0.25, -0.2) is 13.6 Å². The van der Waals surface area contributed by atoms with Gasteiger partial charge in [-0.2, -0.15) is 0 Å². The molecule has 0 radical (unpaired) electrons. The van der Waals surface area contributed by atoms with Crippen molar-refractivity contribution in [3.63, 3.8) is 0 Å². The van der Waals surface area contributed by atoms with Gasteiger partial charge in [-0.15, -0.1) is 0 Å². The highest BCUT2D eigenvalue weighted by Gasteiger charge is 2.34. The van der Waals surface area contributed by atoms with Crippen LogP contribution in [0.1, 0.15) is 20.8 Å². The Labute approximate surface area is 110 Å². The summed E-state index contributed by atoms with van der Waals surface area (Å²) in [6.45, 7) is 7.31. The molecule has 0 spiro atoms. The van der Waals surface area contributed by atoms with Crippen molar-refractivity contribution in [3.05, 3.63) is 0 Å². The molecule has 0 amide bonds. The molecule has 0 fully saturated rings. The zero-order valence-corrected chi connectivity index (χ0v) is 12.5. The third-order valence-corrected chi connectivity index (χ3v) is 4.07. The van der Waals surface area contributed by atoms with Crippen molar-refractivity contribution >= 4 is 10.0 Å². The van der Waals surface area contributed by atoms with Crippen LogP contribution in [0.5, 0.6) is 0 Å². The summed E-state index contributed by atoms with van der Waals surface area (Å²) >= 11 is 0. The van der Waals surface area contributed by atoms with Crippen molar-refractivity contribution < 1.29 is 22.6 Å². The molecule has 6 nitrogen and oxygen atoms in total. The molecule has 1 atom stereocenters. The monoisotopic (exact) mass is 283 g/mol. The molecule has 0 aromatic heterocycles. The molecule has 0 aliphatic heterocycles. The first-order valence-electron chi connectivity index (χ1n) is 5.85. The lowest BCUT2D eigenvalue weighted by Crippen LogP contribution is -2.42. The summed E-state index contributed by atoms with van der Waals surface area (Å²) in [5.41, 5.74) is -0.454. The zero-order chi connectivity index (χ0) is 14.2. The highest BCUT2D eigenvalue weighted by Crippen LogP contribution is 2.24. The van der Waals surface area contributed by atoms with E-state index in [1.807, 2.05) is 20.8 Å². The Balaban J connectivity index is 3.94. The Kier molecular flexibility index (Phi) is 7.97. The fourth-order valence-corrected chi connectivity index (χ4v) is 2.66. The van der Waals surface area contributed by atoms with Crippen LogP contribution in [0.4, 0.5) is 0 Å². The summed E-state index contributed by atoms with van der Waals surface area (Å²) in [7, 11) is -2.01. The van der Waals surface area contributed by atoms with Gasteiger partial charge in [0, 0.05) is 7.11 Å². The maximum atomic E-state index is 11.4.